The molecule has 6 nitrogen and oxygen atoms in total. The lowest BCUT2D eigenvalue weighted by Gasteiger charge is -2.21. The molecule has 0 saturated carbocycles. The molecule has 2 aromatic heterocycles. The quantitative estimate of drug-likeness (QED) is 0.647. The number of nitrogens with zero attached hydrogens (tertiary/aromatic N) is 2. The molecule has 0 aliphatic carbocycles. The Morgan fingerprint density at radius 2 is 1.88 bits per heavy atom. The highest BCUT2D eigenvalue weighted by Gasteiger charge is 2.48. The van der Waals surface area contributed by atoms with Gasteiger partial charge in [0, 0.05) is 16.5 Å². The molecule has 3 aromatic rings. The summed E-state index contributed by atoms with van der Waals surface area (Å²) in [5, 5.41) is 34.2. The SMILES string of the molecule is Cc1ncnc2c([C@@H]3O[C@H]([C@H](O)c4ccc(F)cc4)[C@@H](O)[C@H]3O)scc12. The third kappa shape index (κ3) is 2.80. The van der Waals surface area contributed by atoms with Crippen LogP contribution in [0, 0.1) is 12.7 Å². The number of hydrogen-bond donors (Lipinski definition) is 3. The Balaban J connectivity index is 1.65. The molecule has 0 unspecified atom stereocenters. The van der Waals surface area contributed by atoms with Crippen molar-refractivity contribution in [3.63, 3.8) is 0 Å². The van der Waals surface area contributed by atoms with Crippen LogP contribution in [0.25, 0.3) is 10.9 Å². The molecule has 26 heavy (non-hydrogen) atoms. The average Bonchev–Trinajstić information content (AvgIpc) is 3.18. The molecule has 3 heterocycles. The van der Waals surface area contributed by atoms with Crippen LogP contribution in [0.15, 0.2) is 36.0 Å². The van der Waals surface area contributed by atoms with E-state index in [1.165, 1.54) is 41.9 Å². The van der Waals surface area contributed by atoms with Crippen molar-refractivity contribution in [2.24, 2.45) is 0 Å². The minimum absolute atomic E-state index is 0.400. The van der Waals surface area contributed by atoms with Gasteiger partial charge in [-0.15, -0.1) is 11.3 Å². The number of halogens is 1. The Morgan fingerprint density at radius 3 is 2.62 bits per heavy atom. The molecular weight excluding hydrogens is 359 g/mol. The number of ether oxygens (including phenoxy) is 1. The van der Waals surface area contributed by atoms with E-state index in [0.29, 0.717) is 16.0 Å². The minimum atomic E-state index is -1.29. The number of thiophene rings is 1. The second-order valence-corrected chi connectivity index (χ2v) is 7.23. The number of aliphatic hydroxyl groups excluding tert-OH is 3. The first kappa shape index (κ1) is 17.4. The molecule has 1 aliphatic rings. The molecule has 8 heteroatoms. The van der Waals surface area contributed by atoms with Gasteiger partial charge in [0.15, 0.2) is 0 Å². The normalized spacial score (nSPS) is 27.1. The van der Waals surface area contributed by atoms with Gasteiger partial charge in [0.2, 0.25) is 0 Å². The van der Waals surface area contributed by atoms with Crippen molar-refractivity contribution in [2.45, 2.75) is 37.4 Å². The number of benzene rings is 1. The molecule has 1 aromatic carbocycles. The van der Waals surface area contributed by atoms with Gasteiger partial charge in [-0.25, -0.2) is 14.4 Å². The van der Waals surface area contributed by atoms with Crippen molar-refractivity contribution in [2.75, 3.05) is 0 Å². The molecule has 1 fully saturated rings. The van der Waals surface area contributed by atoms with Crippen LogP contribution in [0.5, 0.6) is 0 Å². The van der Waals surface area contributed by atoms with Crippen LogP contribution in [0.3, 0.4) is 0 Å². The Labute approximate surface area is 152 Å². The fourth-order valence-corrected chi connectivity index (χ4v) is 4.36. The smallest absolute Gasteiger partial charge is 0.123 e. The number of aryl methyl sites for hydroxylation is 1. The van der Waals surface area contributed by atoms with Crippen LogP contribution in [0.4, 0.5) is 4.39 Å². The number of hydrogen-bond acceptors (Lipinski definition) is 7. The molecule has 0 bridgehead atoms. The summed E-state index contributed by atoms with van der Waals surface area (Å²) in [6, 6.07) is 5.29. The van der Waals surface area contributed by atoms with Crippen molar-refractivity contribution in [3.8, 4) is 0 Å². The summed E-state index contributed by atoms with van der Waals surface area (Å²) in [5.41, 5.74) is 1.88. The monoisotopic (exact) mass is 376 g/mol. The molecule has 1 aliphatic heterocycles. The van der Waals surface area contributed by atoms with Gasteiger partial charge < -0.3 is 20.1 Å². The first-order chi connectivity index (χ1) is 12.5. The van der Waals surface area contributed by atoms with Gasteiger partial charge in [-0.2, -0.15) is 0 Å². The summed E-state index contributed by atoms with van der Waals surface area (Å²) in [5.74, 6) is -0.424. The van der Waals surface area contributed by atoms with Gasteiger partial charge >= 0.3 is 0 Å². The van der Waals surface area contributed by atoms with Gasteiger partial charge in [-0.05, 0) is 24.6 Å². The van der Waals surface area contributed by atoms with Crippen LogP contribution in [0.1, 0.15) is 28.3 Å². The van der Waals surface area contributed by atoms with Crippen molar-refractivity contribution < 1.29 is 24.4 Å². The van der Waals surface area contributed by atoms with Crippen LogP contribution in [-0.4, -0.2) is 43.6 Å². The summed E-state index contributed by atoms with van der Waals surface area (Å²) in [6.07, 6.45) is -4.13. The van der Waals surface area contributed by atoms with Gasteiger partial charge in [0.1, 0.15) is 42.7 Å². The average molecular weight is 376 g/mol. The van der Waals surface area contributed by atoms with E-state index in [0.717, 1.165) is 11.1 Å². The van der Waals surface area contributed by atoms with Crippen LogP contribution in [-0.2, 0) is 4.74 Å². The lowest BCUT2D eigenvalue weighted by Crippen LogP contribution is -2.34. The zero-order valence-corrected chi connectivity index (χ0v) is 14.6. The Hall–Kier alpha value is -1.97. The number of fused-ring (bicyclic) bond motifs is 1. The zero-order chi connectivity index (χ0) is 18.4. The van der Waals surface area contributed by atoms with Gasteiger partial charge in [0.05, 0.1) is 10.4 Å². The van der Waals surface area contributed by atoms with Crippen LogP contribution < -0.4 is 0 Å². The molecule has 1 saturated heterocycles. The fraction of sp³-hybridized carbons (Fsp3) is 0.333. The molecule has 4 rings (SSSR count). The molecule has 5 atom stereocenters. The molecule has 3 N–H and O–H groups in total. The zero-order valence-electron chi connectivity index (χ0n) is 13.8. The van der Waals surface area contributed by atoms with Crippen molar-refractivity contribution in [3.05, 3.63) is 57.9 Å². The molecule has 0 amide bonds. The van der Waals surface area contributed by atoms with E-state index in [4.69, 9.17) is 4.74 Å². The van der Waals surface area contributed by atoms with Crippen molar-refractivity contribution >= 4 is 22.2 Å². The summed E-state index contributed by atoms with van der Waals surface area (Å²) in [4.78, 5) is 9.08. The third-order valence-electron chi connectivity index (χ3n) is 4.70. The summed E-state index contributed by atoms with van der Waals surface area (Å²) in [7, 11) is 0. The highest BCUT2D eigenvalue weighted by atomic mass is 32.1. The Bertz CT molecular complexity index is 933. The summed E-state index contributed by atoms with van der Waals surface area (Å²) < 4.78 is 18.9. The van der Waals surface area contributed by atoms with Gasteiger partial charge in [0.25, 0.3) is 0 Å². The van der Waals surface area contributed by atoms with E-state index in [2.05, 4.69) is 9.97 Å². The largest absolute Gasteiger partial charge is 0.387 e. The predicted octanol–water partition coefficient (Wildman–Crippen LogP) is 2.03. The van der Waals surface area contributed by atoms with E-state index < -0.39 is 36.3 Å². The van der Waals surface area contributed by atoms with Gasteiger partial charge in [-0.1, -0.05) is 12.1 Å². The summed E-state index contributed by atoms with van der Waals surface area (Å²) >= 11 is 1.36. The van der Waals surface area contributed by atoms with Crippen molar-refractivity contribution in [1.29, 1.82) is 0 Å². The molecule has 136 valence electrons. The molecule has 0 radical (unpaired) electrons. The second-order valence-electron chi connectivity index (χ2n) is 6.32. The van der Waals surface area contributed by atoms with Crippen LogP contribution in [0.2, 0.25) is 0 Å². The topological polar surface area (TPSA) is 95.7 Å². The maximum absolute atomic E-state index is 13.1. The highest BCUT2D eigenvalue weighted by Crippen LogP contribution is 2.43. The number of aliphatic hydroxyl groups is 3. The third-order valence-corrected chi connectivity index (χ3v) is 5.73. The Morgan fingerprint density at radius 1 is 1.15 bits per heavy atom. The van der Waals surface area contributed by atoms with E-state index in [1.807, 2.05) is 12.3 Å². The van der Waals surface area contributed by atoms with E-state index in [9.17, 15) is 19.7 Å². The van der Waals surface area contributed by atoms with Crippen molar-refractivity contribution in [1.82, 2.24) is 9.97 Å². The number of aromatic nitrogens is 2. The molecular formula is C18H17FN2O4S. The predicted molar refractivity (Wildman–Crippen MR) is 93.1 cm³/mol. The standard InChI is InChI=1S/C18H17FN2O4S/c1-8-11-6-26-18(12(11)21-7-20-8)17-15(24)14(23)16(25-17)13(22)9-2-4-10(19)5-3-9/h2-7,13-17,22-24H,1H3/t13-,14+,15-,16-,17-/m1/s1. The first-order valence-corrected chi connectivity index (χ1v) is 8.99. The minimum Gasteiger partial charge on any atom is -0.387 e. The van der Waals surface area contributed by atoms with E-state index >= 15 is 0 Å². The number of rotatable bonds is 3. The van der Waals surface area contributed by atoms with E-state index in [-0.39, 0.29) is 0 Å². The lowest BCUT2D eigenvalue weighted by atomic mass is 9.98. The Kier molecular flexibility index (Phi) is 4.45. The molecule has 0 spiro atoms. The maximum Gasteiger partial charge on any atom is 0.123 e. The highest BCUT2D eigenvalue weighted by molar-refractivity contribution is 7.11. The fourth-order valence-electron chi connectivity index (χ4n) is 3.23. The maximum atomic E-state index is 13.1. The second kappa shape index (κ2) is 6.64. The van der Waals surface area contributed by atoms with E-state index in [1.54, 1.807) is 0 Å². The lowest BCUT2D eigenvalue weighted by molar-refractivity contribution is -0.0668. The van der Waals surface area contributed by atoms with Gasteiger partial charge in [-0.3, -0.25) is 0 Å². The first-order valence-electron chi connectivity index (χ1n) is 8.11. The summed E-state index contributed by atoms with van der Waals surface area (Å²) in [6.45, 7) is 1.86. The van der Waals surface area contributed by atoms with Crippen LogP contribution >= 0.6 is 11.3 Å².